The van der Waals surface area contributed by atoms with Crippen molar-refractivity contribution in [3.63, 3.8) is 0 Å². The van der Waals surface area contributed by atoms with Gasteiger partial charge in [-0.2, -0.15) is 0 Å². The van der Waals surface area contributed by atoms with E-state index >= 15 is 0 Å². The maximum absolute atomic E-state index is 14.1. The first-order chi connectivity index (χ1) is 21.6. The summed E-state index contributed by atoms with van der Waals surface area (Å²) in [5.41, 5.74) is 2.92. The molecule has 0 spiro atoms. The van der Waals surface area contributed by atoms with E-state index in [1.165, 1.54) is 18.4 Å². The normalized spacial score (nSPS) is 14.6. The van der Waals surface area contributed by atoms with Gasteiger partial charge in [-0.3, -0.25) is 9.36 Å². The van der Waals surface area contributed by atoms with Crippen molar-refractivity contribution in [1.29, 1.82) is 0 Å². The number of carbonyl (C=O) groups excluding carboxylic acids is 1. The van der Waals surface area contributed by atoms with Crippen molar-refractivity contribution in [1.82, 2.24) is 4.57 Å². The van der Waals surface area contributed by atoms with Gasteiger partial charge in [0, 0.05) is 9.50 Å². The number of methoxy groups -OCH3 is 2. The molecule has 0 saturated heterocycles. The highest BCUT2D eigenvalue weighted by Gasteiger charge is 2.35. The molecule has 0 bridgehead atoms. The lowest BCUT2D eigenvalue weighted by Gasteiger charge is -2.26. The minimum absolute atomic E-state index is 0.177. The summed E-state index contributed by atoms with van der Waals surface area (Å²) in [5.74, 6) is 1.18. The fraction of sp³-hybridized carbons (Fsp3) is 0.219. The van der Waals surface area contributed by atoms with Crippen molar-refractivity contribution in [2.75, 3.05) is 20.8 Å². The molecule has 0 fully saturated rings. The number of hydrogen-bond donors (Lipinski definition) is 0. The van der Waals surface area contributed by atoms with Crippen molar-refractivity contribution in [2.45, 2.75) is 26.5 Å². The standard InChI is InChI=1S/C32H26BrClI2N2O6S/c1-5-43-31(40)27-16(2)37-32-38(28(27)20-13-24(41-3)25(42-4)14-21(20)33)30(39)26(45-32)12-18-10-22(35)29(23(36)11-18)44-15-17-6-8-19(34)9-7-17/h6-14,28H,5,15H2,1-4H3/b26-12-/t28-/m0/s1. The van der Waals surface area contributed by atoms with Gasteiger partial charge in [-0.15, -0.1) is 0 Å². The van der Waals surface area contributed by atoms with Crippen molar-refractivity contribution >= 4 is 96.1 Å². The van der Waals surface area contributed by atoms with E-state index in [0.717, 1.165) is 24.0 Å². The van der Waals surface area contributed by atoms with Crippen LogP contribution in [0.2, 0.25) is 5.02 Å². The van der Waals surface area contributed by atoms with Crippen LogP contribution in [0.4, 0.5) is 0 Å². The molecule has 8 nitrogen and oxygen atoms in total. The fourth-order valence-corrected chi connectivity index (χ4v) is 8.69. The summed E-state index contributed by atoms with van der Waals surface area (Å²) in [5, 5.41) is 0.674. The van der Waals surface area contributed by atoms with Gasteiger partial charge in [0.25, 0.3) is 5.56 Å². The van der Waals surface area contributed by atoms with Crippen molar-refractivity contribution < 1.29 is 23.7 Å². The smallest absolute Gasteiger partial charge is 0.338 e. The SMILES string of the molecule is CCOC(=O)C1=C(C)N=c2s/c(=C\c3cc(I)c(OCc4ccc(Cl)cc4)c(I)c3)c(=O)n2[C@H]1c1cc(OC)c(OC)cc1Br. The lowest BCUT2D eigenvalue weighted by molar-refractivity contribution is -0.139. The van der Waals surface area contributed by atoms with E-state index in [9.17, 15) is 9.59 Å². The highest BCUT2D eigenvalue weighted by atomic mass is 127. The number of thiazole rings is 1. The highest BCUT2D eigenvalue weighted by molar-refractivity contribution is 14.1. The quantitative estimate of drug-likeness (QED) is 0.133. The molecule has 1 aliphatic rings. The molecular formula is C32H26BrClI2N2O6S. The third-order valence-corrected chi connectivity index (χ3v) is 10.5. The van der Waals surface area contributed by atoms with E-state index in [4.69, 9.17) is 30.5 Å². The van der Waals surface area contributed by atoms with E-state index in [-0.39, 0.29) is 17.7 Å². The lowest BCUT2D eigenvalue weighted by atomic mass is 9.95. The summed E-state index contributed by atoms with van der Waals surface area (Å²) in [4.78, 5) is 32.6. The molecular weight excluding hydrogens is 910 g/mol. The van der Waals surface area contributed by atoms with Crippen LogP contribution in [0.1, 0.15) is 36.6 Å². The van der Waals surface area contributed by atoms with Crippen LogP contribution in [0.15, 0.2) is 74.1 Å². The van der Waals surface area contributed by atoms with E-state index in [1.807, 2.05) is 42.5 Å². The molecule has 45 heavy (non-hydrogen) atoms. The van der Waals surface area contributed by atoms with Gasteiger partial charge in [-0.05, 0) is 118 Å². The molecule has 0 amide bonds. The van der Waals surface area contributed by atoms with Gasteiger partial charge in [0.2, 0.25) is 0 Å². The minimum atomic E-state index is -0.819. The Balaban J connectivity index is 1.60. The van der Waals surface area contributed by atoms with Gasteiger partial charge in [-0.1, -0.05) is 51.0 Å². The Labute approximate surface area is 304 Å². The first-order valence-electron chi connectivity index (χ1n) is 13.5. The number of fused-ring (bicyclic) bond motifs is 1. The molecule has 4 aromatic rings. The Morgan fingerprint density at radius 1 is 1.09 bits per heavy atom. The summed E-state index contributed by atoms with van der Waals surface area (Å²) >= 11 is 15.4. The summed E-state index contributed by atoms with van der Waals surface area (Å²) in [7, 11) is 3.08. The monoisotopic (exact) mass is 934 g/mol. The van der Waals surface area contributed by atoms with E-state index in [2.05, 4.69) is 66.1 Å². The van der Waals surface area contributed by atoms with Crippen LogP contribution in [-0.4, -0.2) is 31.4 Å². The van der Waals surface area contributed by atoms with Gasteiger partial charge in [0.15, 0.2) is 16.3 Å². The zero-order valence-corrected chi connectivity index (χ0v) is 31.9. The molecule has 0 aliphatic carbocycles. The predicted molar refractivity (Wildman–Crippen MR) is 195 cm³/mol. The zero-order valence-electron chi connectivity index (χ0n) is 24.5. The average molecular weight is 936 g/mol. The zero-order chi connectivity index (χ0) is 32.4. The summed E-state index contributed by atoms with van der Waals surface area (Å²) in [6.45, 7) is 4.06. The Kier molecular flexibility index (Phi) is 11.0. The molecule has 0 radical (unpaired) electrons. The number of rotatable bonds is 9. The van der Waals surface area contributed by atoms with Crippen LogP contribution in [0, 0.1) is 7.14 Å². The Morgan fingerprint density at radius 2 is 1.73 bits per heavy atom. The molecule has 1 aromatic heterocycles. The first kappa shape index (κ1) is 33.9. The molecule has 0 unspecified atom stereocenters. The third kappa shape index (κ3) is 7.14. The Hall–Kier alpha value is -2.40. The van der Waals surface area contributed by atoms with Gasteiger partial charge < -0.3 is 18.9 Å². The van der Waals surface area contributed by atoms with Crippen LogP contribution in [-0.2, 0) is 16.1 Å². The number of esters is 1. The Bertz CT molecular complexity index is 1990. The fourth-order valence-electron chi connectivity index (χ4n) is 4.85. The molecule has 0 saturated carbocycles. The number of hydrogen-bond acceptors (Lipinski definition) is 8. The third-order valence-electron chi connectivity index (χ3n) is 6.93. The van der Waals surface area contributed by atoms with E-state index in [1.54, 1.807) is 37.7 Å². The van der Waals surface area contributed by atoms with Crippen LogP contribution in [0.5, 0.6) is 17.2 Å². The number of benzene rings is 3. The average Bonchev–Trinajstić information content (AvgIpc) is 3.30. The predicted octanol–water partition coefficient (Wildman–Crippen LogP) is 7.02. The second-order valence-electron chi connectivity index (χ2n) is 9.76. The van der Waals surface area contributed by atoms with Crippen LogP contribution in [0.3, 0.4) is 0 Å². The van der Waals surface area contributed by atoms with E-state index < -0.39 is 12.0 Å². The molecule has 5 rings (SSSR count). The van der Waals surface area contributed by atoms with Crippen molar-refractivity contribution in [2.24, 2.45) is 4.99 Å². The molecule has 0 N–H and O–H groups in total. The second-order valence-corrected chi connectivity index (χ2v) is 14.4. The molecule has 13 heteroatoms. The van der Waals surface area contributed by atoms with Crippen LogP contribution in [0.25, 0.3) is 6.08 Å². The van der Waals surface area contributed by atoms with Crippen LogP contribution < -0.4 is 29.1 Å². The number of ether oxygens (including phenoxy) is 4. The Morgan fingerprint density at radius 3 is 2.36 bits per heavy atom. The maximum atomic E-state index is 14.1. The summed E-state index contributed by atoms with van der Waals surface area (Å²) in [6, 6.07) is 14.2. The van der Waals surface area contributed by atoms with Crippen LogP contribution >= 0.6 is 84.0 Å². The molecule has 1 atom stereocenters. The summed E-state index contributed by atoms with van der Waals surface area (Å²) < 4.78 is 27.0. The highest BCUT2D eigenvalue weighted by Crippen LogP contribution is 2.41. The van der Waals surface area contributed by atoms with Gasteiger partial charge in [-0.25, -0.2) is 9.79 Å². The number of halogens is 4. The molecule has 234 valence electrons. The van der Waals surface area contributed by atoms with Crippen molar-refractivity contribution in [3.8, 4) is 17.2 Å². The minimum Gasteiger partial charge on any atom is -0.493 e. The first-order valence-corrected chi connectivity index (χ1v) is 17.7. The van der Waals surface area contributed by atoms with E-state index in [0.29, 0.717) is 48.2 Å². The molecule has 2 heterocycles. The number of aromatic nitrogens is 1. The largest absolute Gasteiger partial charge is 0.493 e. The topological polar surface area (TPSA) is 88.4 Å². The second kappa shape index (κ2) is 14.6. The number of carbonyl (C=O) groups is 1. The maximum Gasteiger partial charge on any atom is 0.338 e. The van der Waals surface area contributed by atoms with Gasteiger partial charge >= 0.3 is 5.97 Å². The number of nitrogens with zero attached hydrogens (tertiary/aromatic N) is 2. The molecule has 1 aliphatic heterocycles. The lowest BCUT2D eigenvalue weighted by Crippen LogP contribution is -2.40. The molecule has 3 aromatic carbocycles. The van der Waals surface area contributed by atoms with Gasteiger partial charge in [0.1, 0.15) is 12.4 Å². The number of allylic oxidation sites excluding steroid dienone is 1. The van der Waals surface area contributed by atoms with Gasteiger partial charge in [0.05, 0.1) is 49.8 Å². The summed E-state index contributed by atoms with van der Waals surface area (Å²) in [6.07, 6.45) is 1.83. The van der Waals surface area contributed by atoms with Crippen molar-refractivity contribution in [3.05, 3.63) is 113 Å².